The molecule has 126 valence electrons. The van der Waals surface area contributed by atoms with Crippen LogP contribution in [0.25, 0.3) is 0 Å². The van der Waals surface area contributed by atoms with E-state index >= 15 is 0 Å². The molecule has 0 radical (unpaired) electrons. The summed E-state index contributed by atoms with van der Waals surface area (Å²) in [5.41, 5.74) is 0.931. The maximum atomic E-state index is 12.5. The molecule has 0 unspecified atom stereocenters. The molecule has 0 bridgehead atoms. The van der Waals surface area contributed by atoms with E-state index in [0.29, 0.717) is 32.3 Å². The summed E-state index contributed by atoms with van der Waals surface area (Å²) in [6.45, 7) is 4.47. The van der Waals surface area contributed by atoms with Gasteiger partial charge in [-0.05, 0) is 19.1 Å². The van der Waals surface area contributed by atoms with Gasteiger partial charge in [-0.25, -0.2) is 9.97 Å². The van der Waals surface area contributed by atoms with Crippen molar-refractivity contribution in [2.24, 2.45) is 0 Å². The fraction of sp³-hybridized carbons (Fsp3) is 0.375. The van der Waals surface area contributed by atoms with Crippen molar-refractivity contribution in [3.05, 3.63) is 47.0 Å². The summed E-state index contributed by atoms with van der Waals surface area (Å²) in [5.74, 6) is 0.133. The number of morpholine rings is 1. The second kappa shape index (κ2) is 7.55. The van der Waals surface area contributed by atoms with Gasteiger partial charge in [-0.3, -0.25) is 9.78 Å². The molecule has 24 heavy (non-hydrogen) atoms. The highest BCUT2D eigenvalue weighted by atomic mass is 35.5. The molecule has 8 heteroatoms. The number of rotatable bonds is 4. The van der Waals surface area contributed by atoms with Crippen LogP contribution in [0, 0.1) is 0 Å². The van der Waals surface area contributed by atoms with Crippen LogP contribution in [0.4, 0.5) is 5.95 Å². The van der Waals surface area contributed by atoms with E-state index in [1.54, 1.807) is 6.20 Å². The topological polar surface area (TPSA) is 80.2 Å². The van der Waals surface area contributed by atoms with Crippen molar-refractivity contribution in [2.75, 3.05) is 31.2 Å². The molecule has 3 heterocycles. The quantitative estimate of drug-likeness (QED) is 0.909. The molecule has 1 atom stereocenters. The molecular formula is C16H18ClN5O2. The lowest BCUT2D eigenvalue weighted by molar-refractivity contribution is 0.0934. The average Bonchev–Trinajstić information content (AvgIpc) is 2.63. The molecule has 1 saturated heterocycles. The van der Waals surface area contributed by atoms with Crippen molar-refractivity contribution in [3.8, 4) is 0 Å². The summed E-state index contributed by atoms with van der Waals surface area (Å²) >= 11 is 6.11. The highest BCUT2D eigenvalue weighted by Crippen LogP contribution is 2.18. The smallest absolute Gasteiger partial charge is 0.272 e. The average molecular weight is 348 g/mol. The number of pyridine rings is 1. The Bertz CT molecular complexity index is 707. The predicted octanol–water partition coefficient (Wildman–Crippen LogP) is 1.85. The molecule has 7 nitrogen and oxygen atoms in total. The van der Waals surface area contributed by atoms with Gasteiger partial charge in [0, 0.05) is 19.3 Å². The number of nitrogens with zero attached hydrogens (tertiary/aromatic N) is 4. The van der Waals surface area contributed by atoms with E-state index in [4.69, 9.17) is 16.3 Å². The Morgan fingerprint density at radius 1 is 1.33 bits per heavy atom. The molecule has 2 aromatic heterocycles. The maximum absolute atomic E-state index is 12.5. The third kappa shape index (κ3) is 3.80. The molecule has 1 fully saturated rings. The van der Waals surface area contributed by atoms with Crippen LogP contribution >= 0.6 is 11.6 Å². The Kier molecular flexibility index (Phi) is 5.22. The molecule has 0 aliphatic carbocycles. The zero-order valence-corrected chi connectivity index (χ0v) is 14.0. The van der Waals surface area contributed by atoms with Crippen LogP contribution in [-0.4, -0.2) is 47.2 Å². The van der Waals surface area contributed by atoms with E-state index in [2.05, 4.69) is 20.3 Å². The normalized spacial score (nSPS) is 15.8. The van der Waals surface area contributed by atoms with Gasteiger partial charge in [-0.1, -0.05) is 17.7 Å². The monoisotopic (exact) mass is 347 g/mol. The first kappa shape index (κ1) is 16.6. The van der Waals surface area contributed by atoms with Crippen molar-refractivity contribution >= 4 is 23.5 Å². The highest BCUT2D eigenvalue weighted by Gasteiger charge is 2.20. The van der Waals surface area contributed by atoms with Gasteiger partial charge in [0.25, 0.3) is 5.91 Å². The van der Waals surface area contributed by atoms with Crippen LogP contribution in [0.2, 0.25) is 5.02 Å². The lowest BCUT2D eigenvalue weighted by Crippen LogP contribution is -2.38. The first-order valence-corrected chi connectivity index (χ1v) is 8.10. The third-order valence-corrected chi connectivity index (χ3v) is 4.00. The minimum absolute atomic E-state index is 0.163. The number of ether oxygens (including phenoxy) is 1. The van der Waals surface area contributed by atoms with E-state index in [1.165, 1.54) is 6.20 Å². The second-order valence-electron chi connectivity index (χ2n) is 5.42. The van der Waals surface area contributed by atoms with E-state index in [-0.39, 0.29) is 22.7 Å². The minimum Gasteiger partial charge on any atom is -0.378 e. The summed E-state index contributed by atoms with van der Waals surface area (Å²) < 4.78 is 5.31. The molecule has 1 aliphatic rings. The van der Waals surface area contributed by atoms with Gasteiger partial charge in [0.2, 0.25) is 5.95 Å². The van der Waals surface area contributed by atoms with Crippen LogP contribution in [0.3, 0.4) is 0 Å². The van der Waals surface area contributed by atoms with Crippen molar-refractivity contribution in [1.82, 2.24) is 20.3 Å². The molecule has 0 spiro atoms. The van der Waals surface area contributed by atoms with Crippen LogP contribution in [0.5, 0.6) is 0 Å². The first-order valence-electron chi connectivity index (χ1n) is 7.72. The standard InChI is InChI=1S/C16H18ClN5O2/c1-11(13-4-2-3-5-18-13)20-15(23)14-12(17)10-19-16(21-14)22-6-8-24-9-7-22/h2-5,10-11H,6-9H2,1H3,(H,20,23)/t11-/m1/s1. The van der Waals surface area contributed by atoms with Crippen molar-refractivity contribution in [3.63, 3.8) is 0 Å². The molecular weight excluding hydrogens is 330 g/mol. The number of carbonyl (C=O) groups is 1. The van der Waals surface area contributed by atoms with E-state index in [0.717, 1.165) is 5.69 Å². The first-order chi connectivity index (χ1) is 11.6. The molecule has 1 N–H and O–H groups in total. The van der Waals surface area contributed by atoms with Gasteiger partial charge < -0.3 is 15.0 Å². The van der Waals surface area contributed by atoms with Gasteiger partial charge in [-0.2, -0.15) is 0 Å². The summed E-state index contributed by atoms with van der Waals surface area (Å²) in [5, 5.41) is 3.08. The van der Waals surface area contributed by atoms with Crippen molar-refractivity contribution in [2.45, 2.75) is 13.0 Å². The van der Waals surface area contributed by atoms with E-state index in [9.17, 15) is 4.79 Å². The number of carbonyl (C=O) groups excluding carboxylic acids is 1. The number of amides is 1. The number of aromatic nitrogens is 3. The zero-order valence-electron chi connectivity index (χ0n) is 13.3. The number of nitrogens with one attached hydrogen (secondary N) is 1. The fourth-order valence-corrected chi connectivity index (χ4v) is 2.58. The SMILES string of the molecule is C[C@@H](NC(=O)c1nc(N2CCOCC2)ncc1Cl)c1ccccn1. The van der Waals surface area contributed by atoms with E-state index in [1.807, 2.05) is 30.0 Å². The largest absolute Gasteiger partial charge is 0.378 e. The Morgan fingerprint density at radius 2 is 2.12 bits per heavy atom. The number of hydrogen-bond acceptors (Lipinski definition) is 6. The number of halogens is 1. The molecule has 0 aromatic carbocycles. The predicted molar refractivity (Wildman–Crippen MR) is 90.2 cm³/mol. The summed E-state index contributed by atoms with van der Waals surface area (Å²) in [6.07, 6.45) is 3.14. The molecule has 1 amide bonds. The molecule has 3 rings (SSSR count). The third-order valence-electron chi connectivity index (χ3n) is 3.72. The lowest BCUT2D eigenvalue weighted by atomic mass is 10.2. The Labute approximate surface area is 145 Å². The lowest BCUT2D eigenvalue weighted by Gasteiger charge is -2.27. The van der Waals surface area contributed by atoms with Crippen LogP contribution in [0.15, 0.2) is 30.6 Å². The number of anilines is 1. The fourth-order valence-electron chi connectivity index (χ4n) is 2.40. The van der Waals surface area contributed by atoms with Gasteiger partial charge in [-0.15, -0.1) is 0 Å². The van der Waals surface area contributed by atoms with Gasteiger partial charge in [0.05, 0.1) is 36.2 Å². The molecule has 2 aromatic rings. The van der Waals surface area contributed by atoms with Crippen LogP contribution < -0.4 is 10.2 Å². The Balaban J connectivity index is 1.76. The Hall–Kier alpha value is -2.25. The summed E-state index contributed by atoms with van der Waals surface area (Å²) in [7, 11) is 0. The highest BCUT2D eigenvalue weighted by molar-refractivity contribution is 6.33. The van der Waals surface area contributed by atoms with Gasteiger partial charge >= 0.3 is 0 Å². The Morgan fingerprint density at radius 3 is 2.83 bits per heavy atom. The maximum Gasteiger partial charge on any atom is 0.272 e. The molecule has 0 saturated carbocycles. The number of hydrogen-bond donors (Lipinski definition) is 1. The summed E-state index contributed by atoms with van der Waals surface area (Å²) in [6, 6.07) is 5.30. The van der Waals surface area contributed by atoms with E-state index < -0.39 is 0 Å². The molecule has 1 aliphatic heterocycles. The van der Waals surface area contributed by atoms with Crippen LogP contribution in [0.1, 0.15) is 29.1 Å². The van der Waals surface area contributed by atoms with Crippen molar-refractivity contribution in [1.29, 1.82) is 0 Å². The van der Waals surface area contributed by atoms with Crippen LogP contribution in [-0.2, 0) is 4.74 Å². The van der Waals surface area contributed by atoms with Gasteiger partial charge in [0.1, 0.15) is 0 Å². The zero-order chi connectivity index (χ0) is 16.9. The van der Waals surface area contributed by atoms with Gasteiger partial charge in [0.15, 0.2) is 5.69 Å². The summed E-state index contributed by atoms with van der Waals surface area (Å²) in [4.78, 5) is 27.3. The van der Waals surface area contributed by atoms with Crippen molar-refractivity contribution < 1.29 is 9.53 Å². The minimum atomic E-state index is -0.352. The second-order valence-corrected chi connectivity index (χ2v) is 5.82.